The van der Waals surface area contributed by atoms with Gasteiger partial charge in [-0.15, -0.1) is 0 Å². The van der Waals surface area contributed by atoms with E-state index in [4.69, 9.17) is 4.74 Å². The van der Waals surface area contributed by atoms with E-state index in [1.807, 2.05) is 30.3 Å². The van der Waals surface area contributed by atoms with Crippen molar-refractivity contribution in [2.45, 2.75) is 38.0 Å². The van der Waals surface area contributed by atoms with Crippen LogP contribution in [0.1, 0.15) is 24.8 Å². The van der Waals surface area contributed by atoms with Crippen LogP contribution in [0.4, 0.5) is 0 Å². The van der Waals surface area contributed by atoms with Crippen molar-refractivity contribution in [1.82, 2.24) is 4.90 Å². The number of hydrogen-bond donors (Lipinski definition) is 0. The second kappa shape index (κ2) is 4.44. The van der Waals surface area contributed by atoms with Crippen LogP contribution in [-0.2, 0) is 20.7 Å². The van der Waals surface area contributed by atoms with Gasteiger partial charge in [0.25, 0.3) is 0 Å². The minimum absolute atomic E-state index is 0.0398. The van der Waals surface area contributed by atoms with Crippen LogP contribution in [0, 0.1) is 0 Å². The zero-order valence-corrected chi connectivity index (χ0v) is 10.0. The number of hydrogen-bond acceptors (Lipinski definition) is 3. The van der Waals surface area contributed by atoms with Gasteiger partial charge in [0, 0.05) is 19.3 Å². The molecule has 2 aliphatic heterocycles. The molecule has 0 N–H and O–H groups in total. The summed E-state index contributed by atoms with van der Waals surface area (Å²) in [6, 6.07) is 9.30. The highest BCUT2D eigenvalue weighted by Crippen LogP contribution is 2.29. The lowest BCUT2D eigenvalue weighted by atomic mass is 10.0. The van der Waals surface area contributed by atoms with Gasteiger partial charge in [-0.3, -0.25) is 9.69 Å². The molecule has 2 atom stereocenters. The first kappa shape index (κ1) is 11.3. The van der Waals surface area contributed by atoms with Crippen LogP contribution >= 0.6 is 0 Å². The first-order valence-electron chi connectivity index (χ1n) is 6.31. The van der Waals surface area contributed by atoms with Crippen LogP contribution in [0.15, 0.2) is 30.3 Å². The second-order valence-corrected chi connectivity index (χ2v) is 4.79. The third-order valence-corrected chi connectivity index (χ3v) is 3.57. The molecule has 1 aromatic carbocycles. The SMILES string of the molecule is O=C1O[C@H]2CCCC(=O)N2[C@@H]1Cc1ccccc1. The summed E-state index contributed by atoms with van der Waals surface area (Å²) in [7, 11) is 0. The molecule has 1 amide bonds. The molecule has 0 aromatic heterocycles. The molecule has 0 saturated carbocycles. The number of amides is 1. The number of esters is 1. The number of carbonyl (C=O) groups is 2. The maximum Gasteiger partial charge on any atom is 0.331 e. The van der Waals surface area contributed by atoms with Crippen LogP contribution in [0.2, 0.25) is 0 Å². The smallest absolute Gasteiger partial charge is 0.331 e. The second-order valence-electron chi connectivity index (χ2n) is 4.79. The average Bonchev–Trinajstić information content (AvgIpc) is 2.69. The Labute approximate surface area is 106 Å². The highest BCUT2D eigenvalue weighted by molar-refractivity contribution is 5.88. The molecule has 2 saturated heterocycles. The van der Waals surface area contributed by atoms with Gasteiger partial charge in [-0.1, -0.05) is 30.3 Å². The molecule has 2 aliphatic rings. The number of ether oxygens (including phenoxy) is 1. The third-order valence-electron chi connectivity index (χ3n) is 3.57. The Hall–Kier alpha value is -1.84. The van der Waals surface area contributed by atoms with E-state index < -0.39 is 6.04 Å². The van der Waals surface area contributed by atoms with E-state index >= 15 is 0 Å². The highest BCUT2D eigenvalue weighted by atomic mass is 16.6. The third kappa shape index (κ3) is 1.88. The van der Waals surface area contributed by atoms with Gasteiger partial charge in [-0.05, 0) is 12.0 Å². The number of nitrogens with zero attached hydrogens (tertiary/aromatic N) is 1. The van der Waals surface area contributed by atoms with E-state index in [-0.39, 0.29) is 18.1 Å². The van der Waals surface area contributed by atoms with E-state index in [2.05, 4.69) is 0 Å². The molecule has 4 nitrogen and oxygen atoms in total. The van der Waals surface area contributed by atoms with Crippen molar-refractivity contribution in [3.63, 3.8) is 0 Å². The first-order valence-corrected chi connectivity index (χ1v) is 6.31. The fraction of sp³-hybridized carbons (Fsp3) is 0.429. The van der Waals surface area contributed by atoms with Gasteiger partial charge >= 0.3 is 5.97 Å². The maximum absolute atomic E-state index is 11.9. The molecule has 0 aliphatic carbocycles. The molecule has 4 heteroatoms. The highest BCUT2D eigenvalue weighted by Gasteiger charge is 2.46. The molecular weight excluding hydrogens is 230 g/mol. The van der Waals surface area contributed by atoms with Gasteiger partial charge < -0.3 is 4.74 Å². The predicted molar refractivity (Wildman–Crippen MR) is 64.5 cm³/mol. The average molecular weight is 245 g/mol. The van der Waals surface area contributed by atoms with Crippen molar-refractivity contribution in [2.24, 2.45) is 0 Å². The molecule has 0 spiro atoms. The van der Waals surface area contributed by atoms with Gasteiger partial charge in [0.05, 0.1) is 0 Å². The number of rotatable bonds is 2. The van der Waals surface area contributed by atoms with Crippen molar-refractivity contribution in [1.29, 1.82) is 0 Å². The minimum Gasteiger partial charge on any atom is -0.440 e. The normalized spacial score (nSPS) is 27.0. The van der Waals surface area contributed by atoms with Crippen LogP contribution in [-0.4, -0.2) is 29.0 Å². The Kier molecular flexibility index (Phi) is 2.78. The van der Waals surface area contributed by atoms with E-state index in [0.29, 0.717) is 12.8 Å². The summed E-state index contributed by atoms with van der Waals surface area (Å²) in [5.74, 6) is -0.225. The summed E-state index contributed by atoms with van der Waals surface area (Å²) in [5.41, 5.74) is 1.05. The Bertz CT molecular complexity index is 471. The van der Waals surface area contributed by atoms with Gasteiger partial charge in [0.15, 0.2) is 6.23 Å². The molecule has 0 radical (unpaired) electrons. The largest absolute Gasteiger partial charge is 0.440 e. The molecule has 3 rings (SSSR count). The summed E-state index contributed by atoms with van der Waals surface area (Å²) < 4.78 is 5.29. The minimum atomic E-state index is -0.440. The van der Waals surface area contributed by atoms with E-state index in [1.165, 1.54) is 0 Å². The summed E-state index contributed by atoms with van der Waals surface area (Å²) >= 11 is 0. The number of fused-ring (bicyclic) bond motifs is 1. The monoisotopic (exact) mass is 245 g/mol. The van der Waals surface area contributed by atoms with Crippen molar-refractivity contribution in [2.75, 3.05) is 0 Å². The summed E-state index contributed by atoms with van der Waals surface area (Å²) in [6.45, 7) is 0. The quantitative estimate of drug-likeness (QED) is 0.742. The zero-order valence-electron chi connectivity index (χ0n) is 10.0. The number of benzene rings is 1. The van der Waals surface area contributed by atoms with E-state index in [1.54, 1.807) is 4.90 Å². The summed E-state index contributed by atoms with van der Waals surface area (Å²) in [5, 5.41) is 0. The van der Waals surface area contributed by atoms with E-state index in [9.17, 15) is 9.59 Å². The molecule has 94 valence electrons. The van der Waals surface area contributed by atoms with Crippen LogP contribution < -0.4 is 0 Å². The summed E-state index contributed by atoms with van der Waals surface area (Å²) in [6.07, 6.45) is 2.32. The van der Waals surface area contributed by atoms with Crippen molar-refractivity contribution in [3.8, 4) is 0 Å². The molecule has 2 fully saturated rings. The Morgan fingerprint density at radius 3 is 2.78 bits per heavy atom. The lowest BCUT2D eigenvalue weighted by Gasteiger charge is -2.30. The van der Waals surface area contributed by atoms with Gasteiger partial charge in [0.2, 0.25) is 5.91 Å². The molecule has 1 aromatic rings. The maximum atomic E-state index is 11.9. The van der Waals surface area contributed by atoms with Crippen molar-refractivity contribution >= 4 is 11.9 Å². The van der Waals surface area contributed by atoms with Crippen LogP contribution in [0.5, 0.6) is 0 Å². The fourth-order valence-corrected chi connectivity index (χ4v) is 2.69. The standard InChI is InChI=1S/C14H15NO3/c16-12-7-4-8-13-15(12)11(14(17)18-13)9-10-5-2-1-3-6-10/h1-3,5-6,11,13H,4,7-9H2/t11-,13+/m1/s1. The number of piperidine rings is 1. The van der Waals surface area contributed by atoms with Gasteiger partial charge in [0.1, 0.15) is 6.04 Å². The lowest BCUT2D eigenvalue weighted by molar-refractivity contribution is -0.146. The molecular formula is C14H15NO3. The van der Waals surface area contributed by atoms with Crippen molar-refractivity contribution < 1.29 is 14.3 Å². The van der Waals surface area contributed by atoms with Gasteiger partial charge in [-0.2, -0.15) is 0 Å². The molecule has 18 heavy (non-hydrogen) atoms. The van der Waals surface area contributed by atoms with Gasteiger partial charge in [-0.25, -0.2) is 4.79 Å². The lowest BCUT2D eigenvalue weighted by Crippen LogP contribution is -2.46. The Balaban J connectivity index is 1.82. The fourth-order valence-electron chi connectivity index (χ4n) is 2.69. The predicted octanol–water partition coefficient (Wildman–Crippen LogP) is 1.49. The first-order chi connectivity index (χ1) is 8.75. The molecule has 0 bridgehead atoms. The zero-order chi connectivity index (χ0) is 12.5. The van der Waals surface area contributed by atoms with Crippen LogP contribution in [0.3, 0.4) is 0 Å². The molecule has 0 unspecified atom stereocenters. The topological polar surface area (TPSA) is 46.6 Å². The number of carbonyl (C=O) groups excluding carboxylic acids is 2. The summed E-state index contributed by atoms with van der Waals surface area (Å²) in [4.78, 5) is 25.4. The Morgan fingerprint density at radius 2 is 2.00 bits per heavy atom. The molecule has 2 heterocycles. The van der Waals surface area contributed by atoms with Crippen molar-refractivity contribution in [3.05, 3.63) is 35.9 Å². The van der Waals surface area contributed by atoms with Crippen LogP contribution in [0.25, 0.3) is 0 Å². The van der Waals surface area contributed by atoms with E-state index in [0.717, 1.165) is 18.4 Å². The Morgan fingerprint density at radius 1 is 1.22 bits per heavy atom.